The molecule has 0 aliphatic carbocycles. The molecule has 14 nitrogen and oxygen atoms in total. The summed E-state index contributed by atoms with van der Waals surface area (Å²) >= 11 is 9.50. The van der Waals surface area contributed by atoms with Crippen molar-refractivity contribution in [3.63, 3.8) is 0 Å². The molecular formula is C32H40N6O8S2. The van der Waals surface area contributed by atoms with Gasteiger partial charge in [-0.1, -0.05) is 24.4 Å². The molecular weight excluding hydrogens is 661 g/mol. The van der Waals surface area contributed by atoms with Crippen LogP contribution < -0.4 is 30.7 Å². The molecule has 4 amide bonds. The number of nitrogens with one attached hydrogen (secondary N) is 1. The third-order valence-electron chi connectivity index (χ3n) is 7.80. The Morgan fingerprint density at radius 1 is 0.875 bits per heavy atom. The van der Waals surface area contributed by atoms with Crippen LogP contribution in [0.15, 0.2) is 36.4 Å². The van der Waals surface area contributed by atoms with Crippen LogP contribution >= 0.6 is 24.4 Å². The second-order valence-corrected chi connectivity index (χ2v) is 13.0. The van der Waals surface area contributed by atoms with Gasteiger partial charge in [0, 0.05) is 36.7 Å². The zero-order valence-corrected chi connectivity index (χ0v) is 28.6. The molecule has 0 radical (unpaired) electrons. The summed E-state index contributed by atoms with van der Waals surface area (Å²) in [5.41, 5.74) is 10.4. The van der Waals surface area contributed by atoms with Crippen molar-refractivity contribution in [2.45, 2.75) is 45.8 Å². The van der Waals surface area contributed by atoms with E-state index in [1.54, 1.807) is 34.9 Å². The first-order valence-corrected chi connectivity index (χ1v) is 16.2. The largest absolute Gasteiger partial charge is 0.465 e. The minimum absolute atomic E-state index is 0.254. The number of aliphatic hydroxyl groups is 1. The molecule has 5 N–H and O–H groups in total. The summed E-state index contributed by atoms with van der Waals surface area (Å²) < 4.78 is 10.5. The van der Waals surface area contributed by atoms with Gasteiger partial charge in [-0.25, -0.2) is 14.4 Å². The van der Waals surface area contributed by atoms with Crippen LogP contribution in [0.3, 0.4) is 0 Å². The Morgan fingerprint density at radius 2 is 1.35 bits per heavy atom. The molecule has 6 rings (SSSR count). The first-order valence-electron chi connectivity index (χ1n) is 15.4. The number of cyclic esters (lactones) is 2. The van der Waals surface area contributed by atoms with E-state index in [2.05, 4.69) is 17.5 Å². The lowest BCUT2D eigenvalue weighted by molar-refractivity contribution is -0.121. The third-order valence-corrected chi connectivity index (χ3v) is 7.94. The van der Waals surface area contributed by atoms with Crippen molar-refractivity contribution in [2.75, 3.05) is 65.5 Å². The van der Waals surface area contributed by atoms with Gasteiger partial charge >= 0.3 is 18.3 Å². The number of rotatable bonds is 6. The minimum atomic E-state index is -0.958. The molecule has 4 aliphatic heterocycles. The van der Waals surface area contributed by atoms with Gasteiger partial charge in [-0.3, -0.25) is 19.5 Å². The zero-order valence-electron chi connectivity index (χ0n) is 27.0. The predicted molar refractivity (Wildman–Crippen MR) is 190 cm³/mol. The number of nitrogens with zero attached hydrogens (tertiary/aromatic N) is 4. The van der Waals surface area contributed by atoms with Crippen LogP contribution in [0, 0.1) is 0 Å². The summed E-state index contributed by atoms with van der Waals surface area (Å²) in [6, 6.07) is 10.8. The highest BCUT2D eigenvalue weighted by atomic mass is 32.1. The standard InChI is InChI=1S/C16H19N3O4S.C13H15N3O4.C3H6S/c1-10(24)17-7-13-8-19(16(22)23-13)12-2-3-14-11(6-12)4-5-18(14)15(21)9-20;14-6-10-7-16(13(19)20-10)9-1-2-11-8(5-9)3-4-15(11)12(17)18;1-3(2)4/h2-3,6,13,20H,4-5,7-9H2,1H3,(H,17,24);1-2,5,10H,3-4,6-7,14H2,(H,17,18);1-2H3/t13-;10-;/m00./s1. The van der Waals surface area contributed by atoms with Gasteiger partial charge < -0.3 is 35.6 Å². The Morgan fingerprint density at radius 3 is 1.81 bits per heavy atom. The van der Waals surface area contributed by atoms with Gasteiger partial charge in [0.2, 0.25) is 0 Å². The van der Waals surface area contributed by atoms with Gasteiger partial charge in [0.25, 0.3) is 5.91 Å². The van der Waals surface area contributed by atoms with Crippen LogP contribution in [-0.4, -0.2) is 102 Å². The molecule has 0 bridgehead atoms. The Labute approximate surface area is 289 Å². The first kappa shape index (κ1) is 36.5. The van der Waals surface area contributed by atoms with Crippen LogP contribution in [0.1, 0.15) is 31.9 Å². The number of nitrogens with two attached hydrogens (primary N) is 1. The van der Waals surface area contributed by atoms with Crippen LogP contribution in [-0.2, 0) is 27.1 Å². The molecule has 16 heteroatoms. The van der Waals surface area contributed by atoms with Gasteiger partial charge in [0.15, 0.2) is 0 Å². The number of carbonyl (C=O) groups excluding carboxylic acids is 3. The molecule has 0 aromatic heterocycles. The molecule has 258 valence electrons. The fourth-order valence-corrected chi connectivity index (χ4v) is 5.69. The van der Waals surface area contributed by atoms with Gasteiger partial charge in [0.1, 0.15) is 18.8 Å². The van der Waals surface area contributed by atoms with Crippen LogP contribution in [0.25, 0.3) is 0 Å². The van der Waals surface area contributed by atoms with Crippen molar-refractivity contribution < 1.29 is 38.9 Å². The van der Waals surface area contributed by atoms with E-state index in [1.807, 2.05) is 32.0 Å². The zero-order chi connectivity index (χ0) is 35.1. The molecule has 2 atom stereocenters. The lowest BCUT2D eigenvalue weighted by atomic mass is 10.1. The SMILES string of the molecule is CC(=S)NC[C@H]1CN(c2ccc3c(c2)CCN3C(=O)CO)C(=O)O1.CC(C)=S.NC[C@H]1CN(c2ccc3c(c2)CCN3C(=O)O)C(=O)O1. The number of amides is 4. The number of carbonyl (C=O) groups is 4. The Hall–Kier alpha value is -4.38. The van der Waals surface area contributed by atoms with Crippen LogP contribution in [0.2, 0.25) is 0 Å². The number of ether oxygens (including phenoxy) is 2. The number of aliphatic hydroxyl groups excluding tert-OH is 1. The lowest BCUT2D eigenvalue weighted by Gasteiger charge is -2.18. The monoisotopic (exact) mass is 700 g/mol. The summed E-state index contributed by atoms with van der Waals surface area (Å²) in [6.07, 6.45) is -0.938. The molecule has 2 fully saturated rings. The van der Waals surface area contributed by atoms with E-state index >= 15 is 0 Å². The Bertz CT molecular complexity index is 1590. The molecule has 4 heterocycles. The highest BCUT2D eigenvalue weighted by Gasteiger charge is 2.34. The second-order valence-electron chi connectivity index (χ2n) is 11.6. The van der Waals surface area contributed by atoms with Crippen molar-refractivity contribution in [2.24, 2.45) is 5.73 Å². The van der Waals surface area contributed by atoms with E-state index in [4.69, 9.17) is 37.6 Å². The summed E-state index contributed by atoms with van der Waals surface area (Å²) in [6.45, 7) is 7.72. The molecule has 48 heavy (non-hydrogen) atoms. The van der Waals surface area contributed by atoms with E-state index in [0.717, 1.165) is 33.1 Å². The van der Waals surface area contributed by atoms with Crippen LogP contribution in [0.4, 0.5) is 37.1 Å². The van der Waals surface area contributed by atoms with Crippen molar-refractivity contribution in [3.8, 4) is 0 Å². The summed E-state index contributed by atoms with van der Waals surface area (Å²) in [4.78, 5) is 54.3. The molecule has 4 aliphatic rings. The van der Waals surface area contributed by atoms with E-state index in [1.165, 1.54) is 9.80 Å². The van der Waals surface area contributed by atoms with Crippen molar-refractivity contribution in [1.82, 2.24) is 5.32 Å². The molecule has 2 aromatic carbocycles. The molecule has 2 aromatic rings. The maximum absolute atomic E-state index is 12.1. The van der Waals surface area contributed by atoms with Crippen molar-refractivity contribution in [1.29, 1.82) is 0 Å². The van der Waals surface area contributed by atoms with Gasteiger partial charge in [-0.15, -0.1) is 0 Å². The maximum Gasteiger partial charge on any atom is 0.414 e. The smallest absolute Gasteiger partial charge is 0.414 e. The number of hydrogen-bond acceptors (Lipinski definition) is 10. The Balaban J connectivity index is 0.000000198. The Kier molecular flexibility index (Phi) is 12.3. The fourth-order valence-electron chi connectivity index (χ4n) is 5.61. The fraction of sp³-hybridized carbons (Fsp3) is 0.438. The number of hydrogen-bond donors (Lipinski definition) is 4. The highest BCUT2D eigenvalue weighted by Crippen LogP contribution is 2.34. The second kappa shape index (κ2) is 16.1. The summed E-state index contributed by atoms with van der Waals surface area (Å²) in [5, 5.41) is 21.1. The minimum Gasteiger partial charge on any atom is -0.465 e. The van der Waals surface area contributed by atoms with E-state index in [0.29, 0.717) is 62.8 Å². The topological polar surface area (TPSA) is 178 Å². The number of carboxylic acid groups (broad SMARTS) is 1. The molecule has 2 saturated heterocycles. The highest BCUT2D eigenvalue weighted by molar-refractivity contribution is 7.80. The number of fused-ring (bicyclic) bond motifs is 2. The quantitative estimate of drug-likeness (QED) is 0.324. The van der Waals surface area contributed by atoms with E-state index in [9.17, 15) is 19.2 Å². The maximum atomic E-state index is 12.1. The van der Waals surface area contributed by atoms with E-state index in [-0.39, 0.29) is 24.2 Å². The van der Waals surface area contributed by atoms with Gasteiger partial charge in [-0.2, -0.15) is 0 Å². The average molecular weight is 701 g/mol. The normalized spacial score (nSPS) is 18.9. The third kappa shape index (κ3) is 8.74. The van der Waals surface area contributed by atoms with Gasteiger partial charge in [-0.05, 0) is 86.0 Å². The van der Waals surface area contributed by atoms with E-state index < -0.39 is 18.8 Å². The number of anilines is 4. The first-order chi connectivity index (χ1) is 22.8. The van der Waals surface area contributed by atoms with Crippen LogP contribution in [0.5, 0.6) is 0 Å². The predicted octanol–water partition coefficient (Wildman–Crippen LogP) is 3.24. The lowest BCUT2D eigenvalue weighted by Crippen LogP contribution is -2.32. The number of benzene rings is 2. The molecule has 0 unspecified atom stereocenters. The van der Waals surface area contributed by atoms with Crippen molar-refractivity contribution in [3.05, 3.63) is 47.5 Å². The van der Waals surface area contributed by atoms with Gasteiger partial charge in [0.05, 0.1) is 30.3 Å². The number of thiocarbonyl (C=S) groups is 2. The summed E-state index contributed by atoms with van der Waals surface area (Å²) in [7, 11) is 0. The van der Waals surface area contributed by atoms with Crippen molar-refractivity contribution >= 4 is 81.2 Å². The molecule has 0 spiro atoms. The average Bonchev–Trinajstić information content (AvgIpc) is 3.83. The summed E-state index contributed by atoms with van der Waals surface area (Å²) in [5.74, 6) is -0.316. The molecule has 0 saturated carbocycles.